The minimum Gasteiger partial charge on any atom is -0.453 e. The number of amides is 2. The number of pyridine rings is 1. The summed E-state index contributed by atoms with van der Waals surface area (Å²) in [6.45, 7) is 8.80. The molecule has 4 heterocycles. The standard InChI is InChI=1S/C30H35FN6O5/c1-17-15-36-16-18(14-22(31)26(36)32-17)33-27(38)21-8-9-23(25-24(21)34-28(40-5)41-25)35-12-10-20(11-13-35)37(19-6-7-19)29(39)42-30(2,3)4/h8-9,14-16,19-20H,6-7,10-13H2,1-5H3,(H,33,38). The highest BCUT2D eigenvalue weighted by Gasteiger charge is 2.41. The number of benzene rings is 1. The number of methoxy groups -OCH3 is 1. The number of nitrogens with one attached hydrogen (secondary N) is 1. The van der Waals surface area contributed by atoms with Crippen LogP contribution in [0.1, 0.15) is 62.5 Å². The second-order valence-electron chi connectivity index (χ2n) is 12.0. The van der Waals surface area contributed by atoms with E-state index in [1.54, 1.807) is 25.4 Å². The van der Waals surface area contributed by atoms with Crippen molar-refractivity contribution >= 4 is 40.1 Å². The molecule has 0 atom stereocenters. The van der Waals surface area contributed by atoms with E-state index in [1.165, 1.54) is 17.6 Å². The van der Waals surface area contributed by atoms with Crippen molar-refractivity contribution in [2.75, 3.05) is 30.4 Å². The largest absolute Gasteiger partial charge is 0.453 e. The van der Waals surface area contributed by atoms with Gasteiger partial charge in [-0.05, 0) is 65.5 Å². The third-order valence-corrected chi connectivity index (χ3v) is 7.55. The summed E-state index contributed by atoms with van der Waals surface area (Å²) in [5.41, 5.74) is 2.41. The molecule has 2 fully saturated rings. The van der Waals surface area contributed by atoms with Crippen LogP contribution < -0.4 is 15.0 Å². The van der Waals surface area contributed by atoms with Crippen molar-refractivity contribution < 1.29 is 27.9 Å². The smallest absolute Gasteiger partial charge is 0.410 e. The summed E-state index contributed by atoms with van der Waals surface area (Å²) < 4.78 is 33.0. The van der Waals surface area contributed by atoms with E-state index in [0.29, 0.717) is 29.9 Å². The first-order chi connectivity index (χ1) is 20.0. The van der Waals surface area contributed by atoms with Crippen molar-refractivity contribution in [3.63, 3.8) is 0 Å². The molecule has 0 radical (unpaired) electrons. The second kappa shape index (κ2) is 10.5. The summed E-state index contributed by atoms with van der Waals surface area (Å²) in [5, 5.41) is 2.77. The van der Waals surface area contributed by atoms with Crippen molar-refractivity contribution in [1.29, 1.82) is 0 Å². The van der Waals surface area contributed by atoms with Crippen LogP contribution in [0.3, 0.4) is 0 Å². The molecule has 0 unspecified atom stereocenters. The molecular formula is C30H35FN6O5. The van der Waals surface area contributed by atoms with Gasteiger partial charge in [-0.15, -0.1) is 0 Å². The van der Waals surface area contributed by atoms with E-state index in [0.717, 1.165) is 31.4 Å². The molecule has 6 rings (SSSR count). The summed E-state index contributed by atoms with van der Waals surface area (Å²) in [7, 11) is 1.45. The second-order valence-corrected chi connectivity index (χ2v) is 12.0. The fourth-order valence-corrected chi connectivity index (χ4v) is 5.59. The summed E-state index contributed by atoms with van der Waals surface area (Å²) in [4.78, 5) is 39.1. The first-order valence-electron chi connectivity index (χ1n) is 14.2. The number of anilines is 2. The fraction of sp³-hybridized carbons (Fsp3) is 0.467. The van der Waals surface area contributed by atoms with Gasteiger partial charge in [0.2, 0.25) is 0 Å². The number of imidazole rings is 1. The van der Waals surface area contributed by atoms with Crippen LogP contribution in [0, 0.1) is 12.7 Å². The number of carbonyl (C=O) groups excluding carboxylic acids is 2. The van der Waals surface area contributed by atoms with Gasteiger partial charge in [-0.1, -0.05) is 0 Å². The molecule has 3 aromatic heterocycles. The van der Waals surface area contributed by atoms with E-state index in [4.69, 9.17) is 13.9 Å². The molecule has 222 valence electrons. The summed E-state index contributed by atoms with van der Waals surface area (Å²) in [5.74, 6) is -1.01. The van der Waals surface area contributed by atoms with Crippen LogP contribution in [-0.4, -0.2) is 69.2 Å². The molecule has 12 heteroatoms. The lowest BCUT2D eigenvalue weighted by Crippen LogP contribution is -2.50. The van der Waals surface area contributed by atoms with Crippen molar-refractivity contribution in [2.24, 2.45) is 0 Å². The van der Waals surface area contributed by atoms with Crippen LogP contribution in [0.15, 0.2) is 35.0 Å². The van der Waals surface area contributed by atoms with Gasteiger partial charge in [0, 0.05) is 43.6 Å². The molecule has 2 aliphatic rings. The fourth-order valence-electron chi connectivity index (χ4n) is 5.59. The molecule has 0 bridgehead atoms. The number of rotatable bonds is 6. The molecule has 1 saturated carbocycles. The van der Waals surface area contributed by atoms with Gasteiger partial charge in [0.05, 0.1) is 29.7 Å². The van der Waals surface area contributed by atoms with Gasteiger partial charge < -0.3 is 33.4 Å². The van der Waals surface area contributed by atoms with Crippen molar-refractivity contribution in [3.05, 3.63) is 47.7 Å². The Morgan fingerprint density at radius 3 is 2.48 bits per heavy atom. The lowest BCUT2D eigenvalue weighted by atomic mass is 10.0. The third-order valence-electron chi connectivity index (χ3n) is 7.55. The maximum atomic E-state index is 14.6. The lowest BCUT2D eigenvalue weighted by molar-refractivity contribution is 0.0113. The number of hydrogen-bond acceptors (Lipinski definition) is 8. The number of hydrogen-bond donors (Lipinski definition) is 1. The summed E-state index contributed by atoms with van der Waals surface area (Å²) >= 11 is 0. The predicted octanol–water partition coefficient (Wildman–Crippen LogP) is 5.55. The molecule has 11 nitrogen and oxygen atoms in total. The number of aromatic nitrogens is 3. The Morgan fingerprint density at radius 1 is 1.10 bits per heavy atom. The van der Waals surface area contributed by atoms with Gasteiger partial charge in [-0.3, -0.25) is 4.79 Å². The normalized spacial score (nSPS) is 16.2. The van der Waals surface area contributed by atoms with Crippen molar-refractivity contribution in [2.45, 2.75) is 71.1 Å². The Kier molecular flexibility index (Phi) is 6.94. The lowest BCUT2D eigenvalue weighted by Gasteiger charge is -2.40. The molecule has 0 spiro atoms. The maximum Gasteiger partial charge on any atom is 0.410 e. The van der Waals surface area contributed by atoms with Crippen LogP contribution in [0.5, 0.6) is 6.08 Å². The van der Waals surface area contributed by atoms with E-state index in [1.807, 2.05) is 31.7 Å². The number of oxazole rings is 1. The highest BCUT2D eigenvalue weighted by Crippen LogP contribution is 2.37. The average molecular weight is 579 g/mol. The Hall–Kier alpha value is -4.35. The van der Waals surface area contributed by atoms with Crippen LogP contribution in [0.25, 0.3) is 16.7 Å². The zero-order valence-corrected chi connectivity index (χ0v) is 24.4. The minimum absolute atomic E-state index is 0.0348. The van der Waals surface area contributed by atoms with Crippen LogP contribution >= 0.6 is 0 Å². The van der Waals surface area contributed by atoms with E-state index in [-0.39, 0.29) is 41.2 Å². The topological polar surface area (TPSA) is 114 Å². The SMILES string of the molecule is COc1nc2c(C(=O)Nc3cc(F)c4nc(C)cn4c3)ccc(N3CCC(N(C(=O)OC(C)(C)C)C4CC4)CC3)c2o1. The number of aryl methyl sites for hydroxylation is 1. The van der Waals surface area contributed by atoms with Gasteiger partial charge >= 0.3 is 12.2 Å². The number of piperidine rings is 1. The molecule has 1 aromatic carbocycles. The number of ether oxygens (including phenoxy) is 2. The third kappa shape index (κ3) is 5.45. The number of nitrogens with zero attached hydrogens (tertiary/aromatic N) is 5. The highest BCUT2D eigenvalue weighted by atomic mass is 19.1. The molecule has 2 amide bonds. The maximum absolute atomic E-state index is 14.6. The number of carbonyl (C=O) groups is 2. The van der Waals surface area contributed by atoms with Gasteiger partial charge in [-0.25, -0.2) is 14.2 Å². The minimum atomic E-state index is -0.546. The molecule has 1 aliphatic carbocycles. The zero-order valence-electron chi connectivity index (χ0n) is 24.4. The summed E-state index contributed by atoms with van der Waals surface area (Å²) in [6, 6.07) is 5.09. The Labute approximate surface area is 242 Å². The molecule has 1 aliphatic heterocycles. The van der Waals surface area contributed by atoms with Crippen molar-refractivity contribution in [1.82, 2.24) is 19.3 Å². The molecule has 4 aromatic rings. The average Bonchev–Trinajstić information content (AvgIpc) is 3.52. The summed E-state index contributed by atoms with van der Waals surface area (Å²) in [6.07, 6.45) is 6.63. The van der Waals surface area contributed by atoms with E-state index in [9.17, 15) is 14.0 Å². The van der Waals surface area contributed by atoms with E-state index < -0.39 is 17.3 Å². The Bertz CT molecular complexity index is 1660. The van der Waals surface area contributed by atoms with Crippen molar-refractivity contribution in [3.8, 4) is 6.08 Å². The monoisotopic (exact) mass is 578 g/mol. The van der Waals surface area contributed by atoms with Gasteiger partial charge in [0.15, 0.2) is 17.0 Å². The van der Waals surface area contributed by atoms with Gasteiger partial charge in [0.25, 0.3) is 5.91 Å². The zero-order chi connectivity index (χ0) is 29.8. The first-order valence-corrected chi connectivity index (χ1v) is 14.2. The molecule has 1 N–H and O–H groups in total. The van der Waals surface area contributed by atoms with Crippen LogP contribution in [0.4, 0.5) is 20.6 Å². The Morgan fingerprint density at radius 2 is 1.81 bits per heavy atom. The quantitative estimate of drug-likeness (QED) is 0.317. The highest BCUT2D eigenvalue weighted by molar-refractivity contribution is 6.13. The number of halogens is 1. The van der Waals surface area contributed by atoms with Crippen LogP contribution in [-0.2, 0) is 4.74 Å². The van der Waals surface area contributed by atoms with Crippen LogP contribution in [0.2, 0.25) is 0 Å². The van der Waals surface area contributed by atoms with E-state index in [2.05, 4.69) is 20.2 Å². The molecular weight excluding hydrogens is 543 g/mol. The molecule has 42 heavy (non-hydrogen) atoms. The van der Waals surface area contributed by atoms with E-state index >= 15 is 0 Å². The number of fused-ring (bicyclic) bond motifs is 2. The van der Waals surface area contributed by atoms with Gasteiger partial charge in [0.1, 0.15) is 11.1 Å². The Balaban J connectivity index is 1.22. The van der Waals surface area contributed by atoms with Gasteiger partial charge in [-0.2, -0.15) is 4.98 Å². The predicted molar refractivity (Wildman–Crippen MR) is 155 cm³/mol. The molecule has 1 saturated heterocycles. The first kappa shape index (κ1) is 27.8.